The molecule has 4 nitrogen and oxygen atoms in total. The van der Waals surface area contributed by atoms with E-state index in [-0.39, 0.29) is 5.54 Å². The number of anilines is 1. The first-order valence-corrected chi connectivity index (χ1v) is 9.07. The molecule has 1 aliphatic rings. The Morgan fingerprint density at radius 1 is 0.958 bits per heavy atom. The van der Waals surface area contributed by atoms with E-state index < -0.39 is 0 Å². The summed E-state index contributed by atoms with van der Waals surface area (Å²) >= 11 is 6.98. The highest BCUT2D eigenvalue weighted by Crippen LogP contribution is 2.36. The average molecular weight is 446 g/mol. The number of hydrogen-bond acceptors (Lipinski definition) is 3. The minimum Gasteiger partial charge on any atom is -0.341 e. The molecule has 0 saturated carbocycles. The number of fused-ring (bicyclic) bond motifs is 1. The molecule has 120 valence electrons. The SMILES string of the molecule is C[C@]1(c2ccc(Br)cc2)C=C(c2ccc(Br)cc2)n2ncnc2N1. The number of benzene rings is 2. The van der Waals surface area contributed by atoms with Crippen molar-refractivity contribution >= 4 is 43.5 Å². The molecule has 1 aromatic heterocycles. The van der Waals surface area contributed by atoms with Gasteiger partial charge in [-0.3, -0.25) is 0 Å². The van der Waals surface area contributed by atoms with Crippen molar-refractivity contribution in [3.8, 4) is 0 Å². The molecular formula is C18H14Br2N4. The van der Waals surface area contributed by atoms with Crippen molar-refractivity contribution in [2.75, 3.05) is 5.32 Å². The standard InChI is InChI=1S/C18H14Br2N4/c1-18(13-4-8-15(20)9-5-13)10-16(12-2-6-14(19)7-3-12)24-17(23-18)21-11-22-24/h2-11H,1H3,(H,21,22,23)/t18-/m1/s1. The molecule has 1 atom stereocenters. The van der Waals surface area contributed by atoms with Crippen LogP contribution in [0, 0.1) is 0 Å². The van der Waals surface area contributed by atoms with Gasteiger partial charge >= 0.3 is 0 Å². The van der Waals surface area contributed by atoms with Gasteiger partial charge in [-0.1, -0.05) is 56.1 Å². The molecule has 6 heteroatoms. The van der Waals surface area contributed by atoms with Gasteiger partial charge in [-0.05, 0) is 42.8 Å². The van der Waals surface area contributed by atoms with E-state index in [0.29, 0.717) is 0 Å². The van der Waals surface area contributed by atoms with Crippen LogP contribution in [0.15, 0.2) is 69.9 Å². The van der Waals surface area contributed by atoms with Gasteiger partial charge in [0, 0.05) is 14.5 Å². The normalized spacial score (nSPS) is 19.4. The molecule has 1 N–H and O–H groups in total. The van der Waals surface area contributed by atoms with E-state index in [1.807, 2.05) is 16.8 Å². The second-order valence-electron chi connectivity index (χ2n) is 5.87. The summed E-state index contributed by atoms with van der Waals surface area (Å²) in [5.74, 6) is 0.737. The van der Waals surface area contributed by atoms with Crippen LogP contribution in [0.1, 0.15) is 18.1 Å². The summed E-state index contributed by atoms with van der Waals surface area (Å²) in [5, 5.41) is 7.85. The van der Waals surface area contributed by atoms with E-state index in [1.165, 1.54) is 0 Å². The Kier molecular flexibility index (Phi) is 3.81. The molecule has 4 rings (SSSR count). The van der Waals surface area contributed by atoms with Gasteiger partial charge in [-0.15, -0.1) is 0 Å². The molecule has 3 aromatic rings. The quantitative estimate of drug-likeness (QED) is 0.601. The zero-order valence-corrected chi connectivity index (χ0v) is 16.0. The minimum atomic E-state index is -0.369. The highest BCUT2D eigenvalue weighted by molar-refractivity contribution is 9.10. The zero-order valence-electron chi connectivity index (χ0n) is 12.9. The van der Waals surface area contributed by atoms with Crippen molar-refractivity contribution in [3.05, 3.63) is 81.0 Å². The Labute approximate surface area is 156 Å². The Hall–Kier alpha value is -1.92. The third-order valence-corrected chi connectivity index (χ3v) is 5.21. The fraction of sp³-hybridized carbons (Fsp3) is 0.111. The molecular weight excluding hydrogens is 432 g/mol. The summed E-state index contributed by atoms with van der Waals surface area (Å²) in [6, 6.07) is 16.5. The molecule has 0 unspecified atom stereocenters. The molecule has 0 amide bonds. The van der Waals surface area contributed by atoms with Crippen LogP contribution in [0.3, 0.4) is 0 Å². The van der Waals surface area contributed by atoms with Crippen LogP contribution in [0.4, 0.5) is 5.95 Å². The fourth-order valence-corrected chi connectivity index (χ4v) is 3.41. The first-order valence-electron chi connectivity index (χ1n) is 7.49. The zero-order chi connectivity index (χ0) is 16.7. The molecule has 1 aliphatic heterocycles. The van der Waals surface area contributed by atoms with Gasteiger partial charge in [0.25, 0.3) is 0 Å². The third-order valence-electron chi connectivity index (χ3n) is 4.16. The summed E-state index contributed by atoms with van der Waals surface area (Å²) in [4.78, 5) is 4.37. The highest BCUT2D eigenvalue weighted by Gasteiger charge is 2.32. The highest BCUT2D eigenvalue weighted by atomic mass is 79.9. The number of nitrogens with one attached hydrogen (secondary N) is 1. The van der Waals surface area contributed by atoms with E-state index in [1.54, 1.807) is 6.33 Å². The first-order chi connectivity index (χ1) is 11.5. The summed E-state index contributed by atoms with van der Waals surface area (Å²) in [7, 11) is 0. The predicted octanol–water partition coefficient (Wildman–Crippen LogP) is 5.03. The molecule has 0 aliphatic carbocycles. The van der Waals surface area contributed by atoms with Crippen molar-refractivity contribution in [2.24, 2.45) is 0 Å². The van der Waals surface area contributed by atoms with Gasteiger partial charge in [-0.25, -0.2) is 0 Å². The van der Waals surface area contributed by atoms with E-state index >= 15 is 0 Å². The van der Waals surface area contributed by atoms with E-state index in [0.717, 1.165) is 31.7 Å². The first kappa shape index (κ1) is 15.6. The Morgan fingerprint density at radius 3 is 2.25 bits per heavy atom. The third kappa shape index (κ3) is 2.70. The van der Waals surface area contributed by atoms with E-state index in [2.05, 4.69) is 96.7 Å². The number of hydrogen-bond donors (Lipinski definition) is 1. The molecule has 24 heavy (non-hydrogen) atoms. The van der Waals surface area contributed by atoms with Crippen LogP contribution in [-0.2, 0) is 5.54 Å². The van der Waals surface area contributed by atoms with Crippen molar-refractivity contribution in [3.63, 3.8) is 0 Å². The van der Waals surface area contributed by atoms with Crippen LogP contribution in [0.25, 0.3) is 5.70 Å². The lowest BCUT2D eigenvalue weighted by molar-refractivity contribution is 0.650. The Morgan fingerprint density at radius 2 is 1.58 bits per heavy atom. The smallest absolute Gasteiger partial charge is 0.226 e. The monoisotopic (exact) mass is 444 g/mol. The van der Waals surface area contributed by atoms with Crippen LogP contribution in [-0.4, -0.2) is 14.8 Å². The predicted molar refractivity (Wildman–Crippen MR) is 103 cm³/mol. The maximum atomic E-state index is 4.37. The largest absolute Gasteiger partial charge is 0.341 e. The molecule has 0 saturated heterocycles. The van der Waals surface area contributed by atoms with Crippen molar-refractivity contribution in [1.29, 1.82) is 0 Å². The summed E-state index contributed by atoms with van der Waals surface area (Å²) in [6.07, 6.45) is 3.77. The van der Waals surface area contributed by atoms with E-state index in [4.69, 9.17) is 0 Å². The van der Waals surface area contributed by atoms with Crippen molar-refractivity contribution in [1.82, 2.24) is 14.8 Å². The molecule has 0 radical (unpaired) electrons. The van der Waals surface area contributed by atoms with Crippen LogP contribution < -0.4 is 5.32 Å². The van der Waals surface area contributed by atoms with Crippen LogP contribution in [0.2, 0.25) is 0 Å². The summed E-state index contributed by atoms with van der Waals surface area (Å²) in [5.41, 5.74) is 2.90. The van der Waals surface area contributed by atoms with Gasteiger partial charge in [-0.2, -0.15) is 14.8 Å². The maximum Gasteiger partial charge on any atom is 0.226 e. The molecule has 0 fully saturated rings. The number of rotatable bonds is 2. The van der Waals surface area contributed by atoms with Gasteiger partial charge < -0.3 is 5.32 Å². The van der Waals surface area contributed by atoms with Crippen molar-refractivity contribution in [2.45, 2.75) is 12.5 Å². The lowest BCUT2D eigenvalue weighted by Crippen LogP contribution is -2.35. The molecule has 2 heterocycles. The second-order valence-corrected chi connectivity index (χ2v) is 7.70. The molecule has 2 aromatic carbocycles. The maximum absolute atomic E-state index is 4.37. The lowest BCUT2D eigenvalue weighted by Gasteiger charge is -2.33. The van der Waals surface area contributed by atoms with Gasteiger partial charge in [0.2, 0.25) is 5.95 Å². The fourth-order valence-electron chi connectivity index (χ4n) is 2.88. The number of halogens is 2. The Balaban J connectivity index is 1.87. The molecule has 0 bridgehead atoms. The topological polar surface area (TPSA) is 42.7 Å². The lowest BCUT2D eigenvalue weighted by atomic mass is 9.89. The van der Waals surface area contributed by atoms with Crippen LogP contribution in [0.5, 0.6) is 0 Å². The molecule has 0 spiro atoms. The van der Waals surface area contributed by atoms with Gasteiger partial charge in [0.05, 0.1) is 11.2 Å². The van der Waals surface area contributed by atoms with Gasteiger partial charge in [0.1, 0.15) is 6.33 Å². The minimum absolute atomic E-state index is 0.369. The van der Waals surface area contributed by atoms with Gasteiger partial charge in [0.15, 0.2) is 0 Å². The van der Waals surface area contributed by atoms with Crippen molar-refractivity contribution < 1.29 is 0 Å². The summed E-state index contributed by atoms with van der Waals surface area (Å²) < 4.78 is 3.95. The number of aromatic nitrogens is 3. The average Bonchev–Trinajstić information content (AvgIpc) is 3.03. The van der Waals surface area contributed by atoms with Crippen LogP contribution >= 0.6 is 31.9 Å². The van der Waals surface area contributed by atoms with E-state index in [9.17, 15) is 0 Å². The number of nitrogens with zero attached hydrogens (tertiary/aromatic N) is 3. The summed E-state index contributed by atoms with van der Waals surface area (Å²) in [6.45, 7) is 2.15. The second kappa shape index (κ2) is 5.86. The Bertz CT molecular complexity index is 913.